The zero-order valence-corrected chi connectivity index (χ0v) is 24.4. The smallest absolute Gasteiger partial charge is 0.548 e. The fourth-order valence-electron chi connectivity index (χ4n) is 4.39. The van der Waals surface area contributed by atoms with E-state index in [1.165, 1.54) is 23.7 Å². The van der Waals surface area contributed by atoms with Gasteiger partial charge in [0.05, 0.1) is 39.8 Å². The number of carbonyl (C=O) groups is 3. The molecule has 0 aliphatic carbocycles. The van der Waals surface area contributed by atoms with Crippen molar-refractivity contribution < 1.29 is 58.5 Å². The van der Waals surface area contributed by atoms with Crippen molar-refractivity contribution in [2.24, 2.45) is 0 Å². The van der Waals surface area contributed by atoms with E-state index in [2.05, 4.69) is 5.32 Å². The Morgan fingerprint density at radius 2 is 1.54 bits per heavy atom. The Labute approximate surface area is 248 Å². The Bertz CT molecular complexity index is 1460. The van der Waals surface area contributed by atoms with Gasteiger partial charge in [-0.25, -0.2) is 0 Å². The number of carboxylic acid groups (broad SMARTS) is 1. The summed E-state index contributed by atoms with van der Waals surface area (Å²) in [7, 11) is 3.03. The molecule has 0 radical (unpaired) electrons. The molecule has 4 rings (SSSR count). The molecule has 0 aliphatic heterocycles. The maximum atomic E-state index is 13.6. The van der Waals surface area contributed by atoms with E-state index in [1.54, 1.807) is 42.5 Å². The second-order valence-corrected chi connectivity index (χ2v) is 8.71. The molecule has 39 heavy (non-hydrogen) atoms. The monoisotopic (exact) mass is 537 g/mol. The minimum absolute atomic E-state index is 0. The number of ether oxygens (including phenoxy) is 2. The van der Waals surface area contributed by atoms with Crippen molar-refractivity contribution in [2.75, 3.05) is 25.7 Å². The van der Waals surface area contributed by atoms with E-state index in [-0.39, 0.29) is 48.3 Å². The van der Waals surface area contributed by atoms with Crippen LogP contribution in [0, 0.1) is 6.92 Å². The number of para-hydroxylation sites is 1. The Kier molecular flexibility index (Phi) is 10.2. The van der Waals surface area contributed by atoms with Gasteiger partial charge in [0, 0.05) is 10.9 Å². The van der Waals surface area contributed by atoms with Gasteiger partial charge in [-0.2, -0.15) is 0 Å². The molecule has 0 aliphatic rings. The van der Waals surface area contributed by atoms with Crippen molar-refractivity contribution in [3.63, 3.8) is 0 Å². The first kappa shape index (κ1) is 29.8. The number of amides is 2. The minimum Gasteiger partial charge on any atom is -0.548 e. The second-order valence-electron chi connectivity index (χ2n) is 8.71. The van der Waals surface area contributed by atoms with Crippen LogP contribution in [0.5, 0.6) is 11.5 Å². The van der Waals surface area contributed by atoms with Gasteiger partial charge in [0.25, 0.3) is 5.91 Å². The van der Waals surface area contributed by atoms with Crippen LogP contribution in [0.15, 0.2) is 72.8 Å². The van der Waals surface area contributed by atoms with E-state index in [4.69, 9.17) is 9.47 Å². The van der Waals surface area contributed by atoms with Gasteiger partial charge in [0.15, 0.2) is 0 Å². The topological polar surface area (TPSA) is 113 Å². The zero-order valence-electron chi connectivity index (χ0n) is 22.4. The first-order chi connectivity index (χ1) is 18.3. The summed E-state index contributed by atoms with van der Waals surface area (Å²) in [5.74, 6) is -1.43. The number of carbonyl (C=O) groups excluding carboxylic acids is 3. The van der Waals surface area contributed by atoms with Gasteiger partial charge >= 0.3 is 29.6 Å². The van der Waals surface area contributed by atoms with Gasteiger partial charge in [-0.05, 0) is 42.3 Å². The summed E-state index contributed by atoms with van der Waals surface area (Å²) in [6.45, 7) is 1.25. The van der Waals surface area contributed by atoms with Crippen LogP contribution in [0.2, 0.25) is 0 Å². The van der Waals surface area contributed by atoms with Crippen LogP contribution in [0.4, 0.5) is 5.69 Å². The van der Waals surface area contributed by atoms with Crippen LogP contribution in [0.25, 0.3) is 10.9 Å². The standard InChI is InChI=1S/C29H29N3O6.Na/c1-19-13-24(37-2)28(25(14-19)38-3)32(17-20-9-5-4-6-10-20)26(33)16-30-29(36)23-15-21-11-7-8-12-22(21)31(23)18-27(34)35;/h4-15H,16-18H2,1-3H3,(H,30,36)(H,34,35);/q;+1/p-1. The first-order valence-electron chi connectivity index (χ1n) is 12.0. The third-order valence-electron chi connectivity index (χ3n) is 6.11. The Balaban J connectivity index is 0.00000420. The maximum Gasteiger partial charge on any atom is 1.00 e. The number of hydrogen-bond acceptors (Lipinski definition) is 6. The number of anilines is 1. The molecule has 2 amide bonds. The van der Waals surface area contributed by atoms with Crippen LogP contribution in [-0.4, -0.2) is 43.1 Å². The average Bonchev–Trinajstić information content (AvgIpc) is 3.28. The number of aryl methyl sites for hydroxylation is 1. The van der Waals surface area contributed by atoms with Crippen molar-refractivity contribution in [1.29, 1.82) is 0 Å². The van der Waals surface area contributed by atoms with E-state index >= 15 is 0 Å². The summed E-state index contributed by atoms with van der Waals surface area (Å²) in [6.07, 6.45) is 0. The quantitative estimate of drug-likeness (QED) is 0.278. The van der Waals surface area contributed by atoms with Crippen LogP contribution in [0.1, 0.15) is 21.6 Å². The number of fused-ring (bicyclic) bond motifs is 1. The fraction of sp³-hybridized carbons (Fsp3) is 0.207. The Morgan fingerprint density at radius 1 is 0.923 bits per heavy atom. The van der Waals surface area contributed by atoms with Crippen molar-refractivity contribution in [1.82, 2.24) is 9.88 Å². The molecule has 0 atom stereocenters. The molecule has 9 nitrogen and oxygen atoms in total. The van der Waals surface area contributed by atoms with Gasteiger partial charge in [-0.3, -0.25) is 14.5 Å². The van der Waals surface area contributed by atoms with Gasteiger partial charge in [-0.1, -0.05) is 48.5 Å². The van der Waals surface area contributed by atoms with E-state index in [9.17, 15) is 19.5 Å². The predicted octanol–water partition coefficient (Wildman–Crippen LogP) is -0.316. The largest absolute Gasteiger partial charge is 1.00 e. The number of rotatable bonds is 10. The molecule has 10 heteroatoms. The molecule has 1 heterocycles. The molecule has 196 valence electrons. The van der Waals surface area contributed by atoms with Gasteiger partial charge in [-0.15, -0.1) is 0 Å². The SMILES string of the molecule is COc1cc(C)cc(OC)c1N(Cc1ccccc1)C(=O)CNC(=O)c1cc2ccccc2n1CC(=O)[O-].[Na+]. The number of methoxy groups -OCH3 is 2. The molecular formula is C29H28N3NaO6. The number of aliphatic carboxylic acids is 1. The number of benzene rings is 3. The third-order valence-corrected chi connectivity index (χ3v) is 6.11. The molecule has 0 fully saturated rings. The van der Waals surface area contributed by atoms with Gasteiger partial charge in [0.1, 0.15) is 22.9 Å². The zero-order chi connectivity index (χ0) is 27.2. The van der Waals surface area contributed by atoms with E-state index < -0.39 is 24.3 Å². The Hall–Kier alpha value is -3.79. The number of carboxylic acids is 1. The molecule has 0 saturated carbocycles. The summed E-state index contributed by atoms with van der Waals surface area (Å²) in [5, 5.41) is 14.7. The molecule has 3 aromatic carbocycles. The summed E-state index contributed by atoms with van der Waals surface area (Å²) >= 11 is 0. The van der Waals surface area contributed by atoms with Crippen LogP contribution >= 0.6 is 0 Å². The summed E-state index contributed by atoms with van der Waals surface area (Å²) in [6, 6.07) is 21.7. The predicted molar refractivity (Wildman–Crippen MR) is 141 cm³/mol. The molecule has 1 N–H and O–H groups in total. The fourth-order valence-corrected chi connectivity index (χ4v) is 4.39. The molecule has 0 spiro atoms. The van der Waals surface area contributed by atoms with Crippen molar-refractivity contribution >= 4 is 34.4 Å². The number of nitrogens with zero attached hydrogens (tertiary/aromatic N) is 2. The number of hydrogen-bond donors (Lipinski definition) is 1. The minimum atomic E-state index is -1.33. The summed E-state index contributed by atoms with van der Waals surface area (Å²) in [5.41, 5.74) is 2.89. The molecule has 4 aromatic rings. The van der Waals surface area contributed by atoms with E-state index in [0.29, 0.717) is 28.1 Å². The number of aromatic nitrogens is 1. The second kappa shape index (κ2) is 13.3. The summed E-state index contributed by atoms with van der Waals surface area (Å²) < 4.78 is 12.5. The average molecular weight is 538 g/mol. The van der Waals surface area contributed by atoms with Crippen LogP contribution in [-0.2, 0) is 22.7 Å². The molecular weight excluding hydrogens is 509 g/mol. The van der Waals surface area contributed by atoms with Crippen LogP contribution in [0.3, 0.4) is 0 Å². The first-order valence-corrected chi connectivity index (χ1v) is 12.0. The van der Waals surface area contributed by atoms with E-state index in [0.717, 1.165) is 11.1 Å². The Morgan fingerprint density at radius 3 is 2.15 bits per heavy atom. The molecule has 0 saturated heterocycles. The summed E-state index contributed by atoms with van der Waals surface area (Å²) in [4.78, 5) is 39.7. The van der Waals surface area contributed by atoms with Gasteiger partial charge in [0.2, 0.25) is 5.91 Å². The number of nitrogens with one attached hydrogen (secondary N) is 1. The van der Waals surface area contributed by atoms with Crippen molar-refractivity contribution in [3.05, 3.63) is 89.6 Å². The van der Waals surface area contributed by atoms with Crippen molar-refractivity contribution in [3.8, 4) is 11.5 Å². The molecule has 0 unspecified atom stereocenters. The molecule has 0 bridgehead atoms. The van der Waals surface area contributed by atoms with E-state index in [1.807, 2.05) is 37.3 Å². The third kappa shape index (κ3) is 6.81. The van der Waals surface area contributed by atoms with Crippen molar-refractivity contribution in [2.45, 2.75) is 20.0 Å². The molecule has 1 aromatic heterocycles. The normalized spacial score (nSPS) is 10.4. The van der Waals surface area contributed by atoms with Gasteiger partial charge < -0.3 is 29.3 Å². The van der Waals surface area contributed by atoms with Crippen LogP contribution < -0.4 is 54.4 Å². The maximum absolute atomic E-state index is 13.6.